The van der Waals surface area contributed by atoms with E-state index in [9.17, 15) is 4.57 Å². The summed E-state index contributed by atoms with van der Waals surface area (Å²) >= 11 is 0. The van der Waals surface area contributed by atoms with Crippen LogP contribution in [0, 0.1) is 5.92 Å². The van der Waals surface area contributed by atoms with Crippen molar-refractivity contribution < 1.29 is 9.46 Å². The zero-order valence-corrected chi connectivity index (χ0v) is 7.56. The van der Waals surface area contributed by atoms with Crippen LogP contribution >= 0.6 is 8.03 Å². The highest BCUT2D eigenvalue weighted by Crippen LogP contribution is 2.34. The molecule has 0 aromatic carbocycles. The van der Waals surface area contributed by atoms with Crippen LogP contribution in [0.15, 0.2) is 11.4 Å². The Morgan fingerprint density at radius 2 is 2.30 bits per heavy atom. The van der Waals surface area contributed by atoms with Gasteiger partial charge in [0.15, 0.2) is 5.31 Å². The molecule has 0 aromatic rings. The van der Waals surface area contributed by atoms with E-state index < -0.39 is 8.03 Å². The molecule has 0 rings (SSSR count). The van der Waals surface area contributed by atoms with Crippen molar-refractivity contribution in [2.45, 2.75) is 27.2 Å². The van der Waals surface area contributed by atoms with Gasteiger partial charge >= 0.3 is 8.03 Å². The first-order valence-electron chi connectivity index (χ1n) is 3.45. The number of hydrogen-bond acceptors (Lipinski definition) is 1. The van der Waals surface area contributed by atoms with Crippen LogP contribution in [0.3, 0.4) is 0 Å². The standard InChI is InChI=1S/C7H13O2P/c1-4-6(3)7(5-2)10(8)9/h5-6H,4H2,1-3H3/p+1. The molecule has 2 nitrogen and oxygen atoms in total. The Balaban J connectivity index is 4.23. The summed E-state index contributed by atoms with van der Waals surface area (Å²) in [5.74, 6) is 0.235. The van der Waals surface area contributed by atoms with E-state index in [1.807, 2.05) is 13.8 Å². The third kappa shape index (κ3) is 2.59. The maximum atomic E-state index is 10.6. The minimum absolute atomic E-state index is 0.235. The minimum atomic E-state index is -2.10. The largest absolute Gasteiger partial charge is 0.541 e. The lowest BCUT2D eigenvalue weighted by Crippen LogP contribution is -1.92. The van der Waals surface area contributed by atoms with Crippen LogP contribution in [0.2, 0.25) is 0 Å². The third-order valence-corrected chi connectivity index (χ3v) is 2.77. The molecule has 10 heavy (non-hydrogen) atoms. The summed E-state index contributed by atoms with van der Waals surface area (Å²) in [5, 5.41) is 0.664. The molecule has 3 heteroatoms. The summed E-state index contributed by atoms with van der Waals surface area (Å²) in [4.78, 5) is 8.75. The summed E-state index contributed by atoms with van der Waals surface area (Å²) in [7, 11) is -2.10. The molecule has 0 saturated heterocycles. The van der Waals surface area contributed by atoms with Gasteiger partial charge in [0.2, 0.25) is 0 Å². The van der Waals surface area contributed by atoms with Gasteiger partial charge in [0.25, 0.3) is 0 Å². The van der Waals surface area contributed by atoms with Gasteiger partial charge in [-0.2, -0.15) is 4.89 Å². The molecule has 0 amide bonds. The molecule has 0 aliphatic heterocycles. The fourth-order valence-electron chi connectivity index (χ4n) is 0.793. The van der Waals surface area contributed by atoms with Gasteiger partial charge in [-0.05, 0) is 24.0 Å². The first-order valence-corrected chi connectivity index (χ1v) is 4.67. The molecule has 1 N–H and O–H groups in total. The van der Waals surface area contributed by atoms with E-state index in [2.05, 4.69) is 0 Å². The van der Waals surface area contributed by atoms with Crippen molar-refractivity contribution in [3.05, 3.63) is 11.4 Å². The van der Waals surface area contributed by atoms with Crippen LogP contribution in [0.5, 0.6) is 0 Å². The molecule has 0 heterocycles. The van der Waals surface area contributed by atoms with E-state index in [1.165, 1.54) is 0 Å². The monoisotopic (exact) mass is 161 g/mol. The Hall–Kier alpha value is -0.200. The Morgan fingerprint density at radius 3 is 2.40 bits per heavy atom. The average Bonchev–Trinajstić information content (AvgIpc) is 1.88. The SMILES string of the molecule is CC=C(C(C)CC)[P+](=O)O. The number of hydrogen-bond donors (Lipinski definition) is 1. The Labute approximate surface area is 62.8 Å². The van der Waals surface area contributed by atoms with Crippen LogP contribution in [0.25, 0.3) is 0 Å². The summed E-state index contributed by atoms with van der Waals surface area (Å²) < 4.78 is 10.6. The molecule has 0 spiro atoms. The summed E-state index contributed by atoms with van der Waals surface area (Å²) in [6.07, 6.45) is 2.65. The fraction of sp³-hybridized carbons (Fsp3) is 0.714. The second kappa shape index (κ2) is 4.59. The molecule has 2 atom stereocenters. The number of rotatable bonds is 3. The molecule has 58 valence electrons. The highest BCUT2D eigenvalue weighted by atomic mass is 31.1. The zero-order chi connectivity index (χ0) is 8.15. The van der Waals surface area contributed by atoms with E-state index in [-0.39, 0.29) is 5.92 Å². The normalized spacial score (nSPS) is 16.8. The fourth-order valence-corrected chi connectivity index (χ4v) is 1.57. The van der Waals surface area contributed by atoms with Gasteiger partial charge in [-0.25, -0.2) is 0 Å². The predicted molar refractivity (Wildman–Crippen MR) is 43.0 cm³/mol. The van der Waals surface area contributed by atoms with Gasteiger partial charge in [0.05, 0.1) is 0 Å². The Kier molecular flexibility index (Phi) is 4.50. The zero-order valence-electron chi connectivity index (χ0n) is 6.66. The lowest BCUT2D eigenvalue weighted by molar-refractivity contribution is 0.501. The summed E-state index contributed by atoms with van der Waals surface area (Å²) in [6.45, 7) is 5.76. The van der Waals surface area contributed by atoms with Gasteiger partial charge in [-0.3, -0.25) is 0 Å². The molecule has 0 bridgehead atoms. The van der Waals surface area contributed by atoms with Gasteiger partial charge in [0.1, 0.15) is 0 Å². The van der Waals surface area contributed by atoms with E-state index in [4.69, 9.17) is 4.89 Å². The summed E-state index contributed by atoms with van der Waals surface area (Å²) in [6, 6.07) is 0. The highest BCUT2D eigenvalue weighted by Gasteiger charge is 2.24. The molecule has 0 radical (unpaired) electrons. The van der Waals surface area contributed by atoms with Crippen molar-refractivity contribution in [3.8, 4) is 0 Å². The highest BCUT2D eigenvalue weighted by molar-refractivity contribution is 7.43. The van der Waals surface area contributed by atoms with Crippen LogP contribution < -0.4 is 0 Å². The quantitative estimate of drug-likeness (QED) is 0.646. The van der Waals surface area contributed by atoms with E-state index in [0.29, 0.717) is 5.31 Å². The average molecular weight is 161 g/mol. The van der Waals surface area contributed by atoms with Crippen LogP contribution in [-0.4, -0.2) is 4.89 Å². The first-order chi connectivity index (χ1) is 4.63. The molecule has 0 aliphatic carbocycles. The van der Waals surface area contributed by atoms with Gasteiger partial charge in [-0.1, -0.05) is 13.8 Å². The lowest BCUT2D eigenvalue weighted by Gasteiger charge is -1.99. The van der Waals surface area contributed by atoms with Crippen LogP contribution in [0.4, 0.5) is 0 Å². The molecular formula is C7H14O2P+. The second-order valence-corrected chi connectivity index (χ2v) is 3.36. The number of allylic oxidation sites excluding steroid dienone is 2. The molecule has 0 aliphatic rings. The van der Waals surface area contributed by atoms with E-state index in [0.717, 1.165) is 6.42 Å². The minimum Gasteiger partial charge on any atom is -0.156 e. The van der Waals surface area contributed by atoms with E-state index >= 15 is 0 Å². The molecule has 0 fully saturated rings. The van der Waals surface area contributed by atoms with Crippen molar-refractivity contribution in [1.29, 1.82) is 0 Å². The van der Waals surface area contributed by atoms with Crippen molar-refractivity contribution in [2.75, 3.05) is 0 Å². The van der Waals surface area contributed by atoms with Crippen molar-refractivity contribution in [1.82, 2.24) is 0 Å². The maximum Gasteiger partial charge on any atom is 0.541 e. The first kappa shape index (κ1) is 9.80. The predicted octanol–water partition coefficient (Wildman–Crippen LogP) is 2.67. The smallest absolute Gasteiger partial charge is 0.156 e. The van der Waals surface area contributed by atoms with Crippen LogP contribution in [0.1, 0.15) is 27.2 Å². The van der Waals surface area contributed by atoms with Gasteiger partial charge in [0, 0.05) is 5.92 Å². The molecule has 0 aromatic heterocycles. The molecule has 0 saturated carbocycles. The van der Waals surface area contributed by atoms with Crippen molar-refractivity contribution in [2.24, 2.45) is 5.92 Å². The second-order valence-electron chi connectivity index (χ2n) is 2.30. The lowest BCUT2D eigenvalue weighted by atomic mass is 10.1. The topological polar surface area (TPSA) is 37.3 Å². The summed E-state index contributed by atoms with van der Waals surface area (Å²) in [5.41, 5.74) is 0. The Morgan fingerprint density at radius 1 is 1.80 bits per heavy atom. The van der Waals surface area contributed by atoms with Gasteiger partial charge < -0.3 is 0 Å². The van der Waals surface area contributed by atoms with Crippen molar-refractivity contribution in [3.63, 3.8) is 0 Å². The van der Waals surface area contributed by atoms with E-state index in [1.54, 1.807) is 13.0 Å². The Bertz CT molecular complexity index is 152. The molecule has 2 unspecified atom stereocenters. The molecular weight excluding hydrogens is 147 g/mol. The maximum absolute atomic E-state index is 10.6. The van der Waals surface area contributed by atoms with Gasteiger partial charge in [-0.15, -0.1) is 0 Å². The van der Waals surface area contributed by atoms with Crippen molar-refractivity contribution >= 4 is 8.03 Å². The van der Waals surface area contributed by atoms with Crippen LogP contribution in [-0.2, 0) is 4.57 Å². The third-order valence-electron chi connectivity index (χ3n) is 1.63.